The maximum absolute atomic E-state index is 11.9. The molecule has 1 aliphatic heterocycles. The Hall–Kier alpha value is -2.32. The normalized spacial score (nSPS) is 17.2. The van der Waals surface area contributed by atoms with Crippen LogP contribution >= 0.6 is 11.8 Å². The molecule has 1 aromatic carbocycles. The van der Waals surface area contributed by atoms with Crippen molar-refractivity contribution in [3.8, 4) is 11.5 Å². The van der Waals surface area contributed by atoms with Crippen LogP contribution in [0.4, 0.5) is 0 Å². The van der Waals surface area contributed by atoms with Crippen molar-refractivity contribution in [2.45, 2.75) is 24.2 Å². The molecule has 3 heterocycles. The lowest BCUT2D eigenvalue weighted by molar-refractivity contribution is -0.119. The predicted octanol–water partition coefficient (Wildman–Crippen LogP) is 2.61. The van der Waals surface area contributed by atoms with Crippen LogP contribution in [0.1, 0.15) is 12.8 Å². The highest BCUT2D eigenvalue weighted by atomic mass is 32.2. The van der Waals surface area contributed by atoms with Crippen molar-refractivity contribution >= 4 is 28.6 Å². The third kappa shape index (κ3) is 3.69. The van der Waals surface area contributed by atoms with Gasteiger partial charge in [0.15, 0.2) is 0 Å². The van der Waals surface area contributed by atoms with Crippen molar-refractivity contribution in [3.05, 3.63) is 30.5 Å². The number of H-pyrrole nitrogens is 1. The molecule has 0 radical (unpaired) electrons. The fourth-order valence-corrected chi connectivity index (χ4v) is 3.43. The van der Waals surface area contributed by atoms with Crippen molar-refractivity contribution in [2.75, 3.05) is 18.9 Å². The summed E-state index contributed by atoms with van der Waals surface area (Å²) in [7, 11) is 0. The van der Waals surface area contributed by atoms with E-state index in [1.165, 1.54) is 11.8 Å². The van der Waals surface area contributed by atoms with Gasteiger partial charge in [-0.05, 0) is 18.9 Å². The molecule has 2 aromatic heterocycles. The van der Waals surface area contributed by atoms with Gasteiger partial charge in [-0.25, -0.2) is 0 Å². The van der Waals surface area contributed by atoms with Crippen LogP contribution in [0.15, 0.2) is 40.1 Å². The van der Waals surface area contributed by atoms with Gasteiger partial charge in [0.1, 0.15) is 0 Å². The Morgan fingerprint density at radius 3 is 3.16 bits per heavy atom. The van der Waals surface area contributed by atoms with Crippen molar-refractivity contribution in [1.82, 2.24) is 20.5 Å². The molecular weight excluding hydrogens is 340 g/mol. The van der Waals surface area contributed by atoms with Crippen molar-refractivity contribution in [1.29, 1.82) is 0 Å². The van der Waals surface area contributed by atoms with Gasteiger partial charge in [0.05, 0.1) is 17.4 Å². The number of fused-ring (bicyclic) bond motifs is 1. The monoisotopic (exact) mass is 358 g/mol. The predicted molar refractivity (Wildman–Crippen MR) is 94.3 cm³/mol. The molecule has 2 N–H and O–H groups in total. The lowest BCUT2D eigenvalue weighted by Gasteiger charge is -2.09. The fourth-order valence-electron chi connectivity index (χ4n) is 2.84. The largest absolute Gasteiger partial charge is 0.411 e. The van der Waals surface area contributed by atoms with E-state index in [1.54, 1.807) is 0 Å². The van der Waals surface area contributed by atoms with Gasteiger partial charge in [0.2, 0.25) is 5.91 Å². The SMILES string of the molecule is O=C(CSc1nnc(-c2c[nH]c3ccccc23)o1)NC[C@@H]1CCCO1. The number of para-hydroxylation sites is 1. The molecule has 1 atom stereocenters. The highest BCUT2D eigenvalue weighted by Gasteiger charge is 2.17. The Morgan fingerprint density at radius 1 is 1.36 bits per heavy atom. The highest BCUT2D eigenvalue weighted by Crippen LogP contribution is 2.29. The van der Waals surface area contributed by atoms with Crippen LogP contribution in [-0.2, 0) is 9.53 Å². The Balaban J connectivity index is 1.34. The number of thioether (sulfide) groups is 1. The minimum atomic E-state index is -0.0626. The van der Waals surface area contributed by atoms with E-state index in [0.29, 0.717) is 17.7 Å². The molecule has 0 aliphatic carbocycles. The number of hydrogen-bond acceptors (Lipinski definition) is 6. The van der Waals surface area contributed by atoms with E-state index in [4.69, 9.17) is 9.15 Å². The molecule has 1 aliphatic rings. The van der Waals surface area contributed by atoms with Crippen LogP contribution in [0.2, 0.25) is 0 Å². The summed E-state index contributed by atoms with van der Waals surface area (Å²) < 4.78 is 11.2. The van der Waals surface area contributed by atoms with Gasteiger partial charge in [-0.1, -0.05) is 30.0 Å². The first-order valence-corrected chi connectivity index (χ1v) is 9.19. The summed E-state index contributed by atoms with van der Waals surface area (Å²) in [5.41, 5.74) is 1.87. The van der Waals surface area contributed by atoms with Gasteiger partial charge in [-0.2, -0.15) is 0 Å². The Morgan fingerprint density at radius 2 is 2.28 bits per heavy atom. The second kappa shape index (κ2) is 7.28. The zero-order valence-corrected chi connectivity index (χ0v) is 14.3. The lowest BCUT2D eigenvalue weighted by Crippen LogP contribution is -2.32. The Labute approximate surface area is 148 Å². The molecule has 4 rings (SSSR count). The molecule has 0 saturated carbocycles. The van der Waals surface area contributed by atoms with E-state index in [-0.39, 0.29) is 17.8 Å². The smallest absolute Gasteiger partial charge is 0.277 e. The van der Waals surface area contributed by atoms with Crippen molar-refractivity contribution in [3.63, 3.8) is 0 Å². The number of carbonyl (C=O) groups excluding carboxylic acids is 1. The number of aromatic nitrogens is 3. The van der Waals surface area contributed by atoms with E-state index < -0.39 is 0 Å². The maximum atomic E-state index is 11.9. The molecule has 1 fully saturated rings. The average Bonchev–Trinajstić information content (AvgIpc) is 3.37. The molecule has 1 saturated heterocycles. The number of ether oxygens (including phenoxy) is 1. The van der Waals surface area contributed by atoms with Gasteiger partial charge in [0.25, 0.3) is 11.1 Å². The number of benzene rings is 1. The topological polar surface area (TPSA) is 93.0 Å². The first-order valence-electron chi connectivity index (χ1n) is 8.21. The molecule has 3 aromatic rings. The first-order chi connectivity index (χ1) is 12.3. The van der Waals surface area contributed by atoms with Crippen LogP contribution < -0.4 is 5.32 Å². The number of nitrogens with zero attached hydrogens (tertiary/aromatic N) is 2. The third-order valence-electron chi connectivity index (χ3n) is 4.10. The van der Waals surface area contributed by atoms with Crippen molar-refractivity contribution in [2.24, 2.45) is 0 Å². The molecule has 1 amide bonds. The summed E-state index contributed by atoms with van der Waals surface area (Å²) in [5, 5.41) is 12.4. The van der Waals surface area contributed by atoms with Gasteiger partial charge >= 0.3 is 0 Å². The summed E-state index contributed by atoms with van der Waals surface area (Å²) in [5.74, 6) is 0.620. The van der Waals surface area contributed by atoms with Gasteiger partial charge in [-0.3, -0.25) is 4.79 Å². The average molecular weight is 358 g/mol. The first kappa shape index (κ1) is 16.2. The van der Waals surface area contributed by atoms with E-state index in [1.807, 2.05) is 30.5 Å². The Bertz CT molecular complexity index is 870. The van der Waals surface area contributed by atoms with Crippen LogP contribution in [0, 0.1) is 0 Å². The lowest BCUT2D eigenvalue weighted by atomic mass is 10.2. The molecule has 0 unspecified atom stereocenters. The molecule has 8 heteroatoms. The number of hydrogen-bond donors (Lipinski definition) is 2. The number of rotatable bonds is 6. The second-order valence-electron chi connectivity index (χ2n) is 5.85. The van der Waals surface area contributed by atoms with Gasteiger partial charge < -0.3 is 19.5 Å². The van der Waals surface area contributed by atoms with E-state index in [9.17, 15) is 4.79 Å². The van der Waals surface area contributed by atoms with Crippen LogP contribution in [-0.4, -0.2) is 46.1 Å². The summed E-state index contributed by atoms with van der Waals surface area (Å²) in [6.45, 7) is 1.34. The molecular formula is C17H18N4O3S. The minimum Gasteiger partial charge on any atom is -0.411 e. The zero-order chi connectivity index (χ0) is 17.1. The Kier molecular flexibility index (Phi) is 4.71. The summed E-state index contributed by atoms with van der Waals surface area (Å²) in [4.78, 5) is 15.1. The van der Waals surface area contributed by atoms with Crippen molar-refractivity contribution < 1.29 is 13.9 Å². The summed E-state index contributed by atoms with van der Waals surface area (Å²) >= 11 is 1.23. The maximum Gasteiger partial charge on any atom is 0.277 e. The number of aromatic amines is 1. The minimum absolute atomic E-state index is 0.0626. The molecule has 0 bridgehead atoms. The standard InChI is InChI=1S/C17H18N4O3S/c22-15(19-8-11-4-3-7-23-11)10-25-17-21-20-16(24-17)13-9-18-14-6-2-1-5-12(13)14/h1-2,5-6,9,11,18H,3-4,7-8,10H2,(H,19,22)/t11-/m0/s1. The van der Waals surface area contributed by atoms with E-state index >= 15 is 0 Å². The van der Waals surface area contributed by atoms with Crippen LogP contribution in [0.3, 0.4) is 0 Å². The van der Waals surface area contributed by atoms with Gasteiger partial charge in [-0.15, -0.1) is 10.2 Å². The zero-order valence-electron chi connectivity index (χ0n) is 13.5. The fraction of sp³-hybridized carbons (Fsp3) is 0.353. The van der Waals surface area contributed by atoms with E-state index in [0.717, 1.165) is 35.9 Å². The van der Waals surface area contributed by atoms with Crippen LogP contribution in [0.5, 0.6) is 0 Å². The van der Waals surface area contributed by atoms with E-state index in [2.05, 4.69) is 20.5 Å². The van der Waals surface area contributed by atoms with Gasteiger partial charge in [0, 0.05) is 30.3 Å². The number of nitrogens with one attached hydrogen (secondary N) is 2. The molecule has 7 nitrogen and oxygen atoms in total. The molecule has 25 heavy (non-hydrogen) atoms. The molecule has 0 spiro atoms. The number of amides is 1. The number of carbonyl (C=O) groups is 1. The summed E-state index contributed by atoms with van der Waals surface area (Å²) in [6, 6.07) is 7.91. The quantitative estimate of drug-likeness (QED) is 0.658. The summed E-state index contributed by atoms with van der Waals surface area (Å²) in [6.07, 6.45) is 4.06. The van der Waals surface area contributed by atoms with Crippen LogP contribution in [0.25, 0.3) is 22.4 Å². The highest BCUT2D eigenvalue weighted by molar-refractivity contribution is 7.99. The second-order valence-corrected chi connectivity index (χ2v) is 6.78. The third-order valence-corrected chi connectivity index (χ3v) is 4.92. The molecule has 130 valence electrons.